The lowest BCUT2D eigenvalue weighted by Crippen LogP contribution is -2.39. The summed E-state index contributed by atoms with van der Waals surface area (Å²) in [5.74, 6) is 2.48. The van der Waals surface area contributed by atoms with E-state index in [1.54, 1.807) is 0 Å². The van der Waals surface area contributed by atoms with Crippen LogP contribution in [0, 0.1) is 20.8 Å². The fraction of sp³-hybridized carbons (Fsp3) is 0.652. The molecule has 0 bridgehead atoms. The molecule has 2 fully saturated rings. The number of likely N-dealkylation sites (tertiary alicyclic amines) is 1. The van der Waals surface area contributed by atoms with Gasteiger partial charge in [0.2, 0.25) is 5.91 Å². The summed E-state index contributed by atoms with van der Waals surface area (Å²) in [7, 11) is 1.95. The molecule has 2 aliphatic heterocycles. The Balaban J connectivity index is 1.34. The van der Waals surface area contributed by atoms with E-state index in [2.05, 4.69) is 23.0 Å². The molecule has 0 saturated carbocycles. The highest BCUT2D eigenvalue weighted by atomic mass is 16.5. The molecule has 168 valence electrons. The van der Waals surface area contributed by atoms with E-state index in [0.29, 0.717) is 12.3 Å². The van der Waals surface area contributed by atoms with E-state index < -0.39 is 0 Å². The van der Waals surface area contributed by atoms with Crippen molar-refractivity contribution in [2.45, 2.75) is 52.4 Å². The molecule has 0 aromatic carbocycles. The smallest absolute Gasteiger partial charge is 0.222 e. The second-order valence-electron chi connectivity index (χ2n) is 8.75. The summed E-state index contributed by atoms with van der Waals surface area (Å²) in [6.45, 7) is 10.9. The number of rotatable bonds is 5. The first-order valence-electron chi connectivity index (χ1n) is 11.4. The zero-order valence-electron chi connectivity index (χ0n) is 19.2. The Bertz CT molecular complexity index is 926. The molecule has 0 radical (unpaired) electrons. The third kappa shape index (κ3) is 4.89. The van der Waals surface area contributed by atoms with Crippen molar-refractivity contribution in [1.29, 1.82) is 0 Å². The number of aromatic nitrogens is 4. The van der Waals surface area contributed by atoms with Crippen molar-refractivity contribution in [3.05, 3.63) is 34.5 Å². The first-order chi connectivity index (χ1) is 14.9. The van der Waals surface area contributed by atoms with Crippen LogP contribution in [0.25, 0.3) is 0 Å². The van der Waals surface area contributed by atoms with Gasteiger partial charge in [0.05, 0.1) is 18.9 Å². The molecular formula is C23H34N6O2. The minimum absolute atomic E-state index is 0.236. The lowest BCUT2D eigenvalue weighted by Gasteiger charge is -2.32. The molecule has 8 nitrogen and oxygen atoms in total. The van der Waals surface area contributed by atoms with E-state index in [9.17, 15) is 4.79 Å². The van der Waals surface area contributed by atoms with Crippen LogP contribution in [0.2, 0.25) is 0 Å². The molecular weight excluding hydrogens is 392 g/mol. The Morgan fingerprint density at radius 3 is 2.45 bits per heavy atom. The molecule has 2 aromatic heterocycles. The lowest BCUT2D eigenvalue weighted by atomic mass is 9.95. The van der Waals surface area contributed by atoms with Crippen molar-refractivity contribution in [3.63, 3.8) is 0 Å². The van der Waals surface area contributed by atoms with E-state index in [4.69, 9.17) is 14.7 Å². The summed E-state index contributed by atoms with van der Waals surface area (Å²) in [5, 5.41) is 4.46. The minimum Gasteiger partial charge on any atom is -0.378 e. The molecule has 0 spiro atoms. The SMILES string of the molecule is Cc1cc(N2CCOCC2)nc(C2CCN(C(=O)CCc3c(C)nn(C)c3C)CC2)n1. The predicted molar refractivity (Wildman–Crippen MR) is 119 cm³/mol. The first kappa shape index (κ1) is 21.7. The molecule has 4 heterocycles. The maximum absolute atomic E-state index is 12.8. The fourth-order valence-corrected chi connectivity index (χ4v) is 4.67. The zero-order valence-corrected chi connectivity index (χ0v) is 19.2. The monoisotopic (exact) mass is 426 g/mol. The van der Waals surface area contributed by atoms with Crippen molar-refractivity contribution in [2.24, 2.45) is 7.05 Å². The normalized spacial score (nSPS) is 17.9. The number of anilines is 1. The number of morpholine rings is 1. The molecule has 0 atom stereocenters. The molecule has 0 N–H and O–H groups in total. The van der Waals surface area contributed by atoms with Crippen LogP contribution in [0.15, 0.2) is 6.07 Å². The van der Waals surface area contributed by atoms with Gasteiger partial charge in [-0.1, -0.05) is 0 Å². The van der Waals surface area contributed by atoms with Gasteiger partial charge >= 0.3 is 0 Å². The van der Waals surface area contributed by atoms with E-state index in [0.717, 1.165) is 87.4 Å². The van der Waals surface area contributed by atoms with Crippen LogP contribution in [0.4, 0.5) is 5.82 Å². The average molecular weight is 427 g/mol. The number of aryl methyl sites for hydroxylation is 3. The Hall–Kier alpha value is -2.48. The van der Waals surface area contributed by atoms with Crippen LogP contribution in [0.1, 0.15) is 53.7 Å². The Morgan fingerprint density at radius 1 is 1.10 bits per heavy atom. The zero-order chi connectivity index (χ0) is 22.0. The third-order valence-corrected chi connectivity index (χ3v) is 6.65. The van der Waals surface area contributed by atoms with E-state index in [1.165, 1.54) is 5.56 Å². The van der Waals surface area contributed by atoms with Gasteiger partial charge in [0.25, 0.3) is 0 Å². The Labute approximate surface area is 184 Å². The van der Waals surface area contributed by atoms with Gasteiger partial charge in [-0.15, -0.1) is 0 Å². The van der Waals surface area contributed by atoms with E-state index >= 15 is 0 Å². The van der Waals surface area contributed by atoms with Gasteiger partial charge in [0.1, 0.15) is 11.6 Å². The van der Waals surface area contributed by atoms with Gasteiger partial charge in [-0.25, -0.2) is 9.97 Å². The van der Waals surface area contributed by atoms with E-state index in [1.807, 2.05) is 30.5 Å². The maximum atomic E-state index is 12.8. The third-order valence-electron chi connectivity index (χ3n) is 6.65. The number of piperidine rings is 1. The minimum atomic E-state index is 0.236. The van der Waals surface area contributed by atoms with Crippen LogP contribution in [-0.4, -0.2) is 69.9 Å². The first-order valence-corrected chi connectivity index (χ1v) is 11.4. The number of nitrogens with zero attached hydrogens (tertiary/aromatic N) is 6. The van der Waals surface area contributed by atoms with Crippen molar-refractivity contribution in [3.8, 4) is 0 Å². The number of hydrogen-bond donors (Lipinski definition) is 0. The van der Waals surface area contributed by atoms with Crippen LogP contribution in [0.5, 0.6) is 0 Å². The topological polar surface area (TPSA) is 76.4 Å². The fourth-order valence-electron chi connectivity index (χ4n) is 4.67. The van der Waals surface area contributed by atoms with Crippen LogP contribution in [-0.2, 0) is 23.0 Å². The summed E-state index contributed by atoms with van der Waals surface area (Å²) < 4.78 is 7.36. The number of amides is 1. The number of ether oxygens (including phenoxy) is 1. The van der Waals surface area contributed by atoms with Gasteiger partial charge in [0, 0.05) is 63.0 Å². The van der Waals surface area contributed by atoms with Crippen LogP contribution < -0.4 is 4.90 Å². The highest BCUT2D eigenvalue weighted by molar-refractivity contribution is 5.76. The molecule has 8 heteroatoms. The second kappa shape index (κ2) is 9.34. The van der Waals surface area contributed by atoms with Crippen molar-refractivity contribution in [2.75, 3.05) is 44.3 Å². The molecule has 2 saturated heterocycles. The van der Waals surface area contributed by atoms with Gasteiger partial charge in [0.15, 0.2) is 0 Å². The maximum Gasteiger partial charge on any atom is 0.222 e. The standard InChI is InChI=1S/C23H34N6O2/c1-16-15-21(28-11-13-31-14-12-28)25-23(24-16)19-7-9-29(10-8-19)22(30)6-5-20-17(2)26-27(4)18(20)3/h15,19H,5-14H2,1-4H3. The average Bonchev–Trinajstić information content (AvgIpc) is 3.03. The Kier molecular flexibility index (Phi) is 6.55. The van der Waals surface area contributed by atoms with Gasteiger partial charge in [-0.2, -0.15) is 5.10 Å². The van der Waals surface area contributed by atoms with Crippen molar-refractivity contribution < 1.29 is 9.53 Å². The van der Waals surface area contributed by atoms with Crippen molar-refractivity contribution >= 4 is 11.7 Å². The molecule has 31 heavy (non-hydrogen) atoms. The van der Waals surface area contributed by atoms with Crippen LogP contribution in [0.3, 0.4) is 0 Å². The highest BCUT2D eigenvalue weighted by Gasteiger charge is 2.27. The molecule has 2 aliphatic rings. The van der Waals surface area contributed by atoms with Crippen LogP contribution >= 0.6 is 0 Å². The molecule has 0 unspecified atom stereocenters. The van der Waals surface area contributed by atoms with Gasteiger partial charge < -0.3 is 14.5 Å². The van der Waals surface area contributed by atoms with Crippen molar-refractivity contribution in [1.82, 2.24) is 24.6 Å². The van der Waals surface area contributed by atoms with Gasteiger partial charge in [-0.05, 0) is 45.6 Å². The second-order valence-corrected chi connectivity index (χ2v) is 8.75. The molecule has 4 rings (SSSR count). The summed E-state index contributed by atoms with van der Waals surface area (Å²) in [4.78, 5) is 26.7. The summed E-state index contributed by atoms with van der Waals surface area (Å²) >= 11 is 0. The predicted octanol–water partition coefficient (Wildman–Crippen LogP) is 2.31. The highest BCUT2D eigenvalue weighted by Crippen LogP contribution is 2.28. The number of carbonyl (C=O) groups excluding carboxylic acids is 1. The number of carbonyl (C=O) groups is 1. The summed E-state index contributed by atoms with van der Waals surface area (Å²) in [6, 6.07) is 2.07. The largest absolute Gasteiger partial charge is 0.378 e. The molecule has 1 amide bonds. The Morgan fingerprint density at radius 2 is 1.81 bits per heavy atom. The summed E-state index contributed by atoms with van der Waals surface area (Å²) in [6.07, 6.45) is 3.14. The number of hydrogen-bond acceptors (Lipinski definition) is 6. The lowest BCUT2D eigenvalue weighted by molar-refractivity contribution is -0.132. The quantitative estimate of drug-likeness (QED) is 0.730. The van der Waals surface area contributed by atoms with Gasteiger partial charge in [-0.3, -0.25) is 9.48 Å². The van der Waals surface area contributed by atoms with E-state index in [-0.39, 0.29) is 5.91 Å². The molecule has 0 aliphatic carbocycles. The molecule has 2 aromatic rings. The summed E-state index contributed by atoms with van der Waals surface area (Å²) in [5.41, 5.74) is 4.39.